The molecule has 29 heavy (non-hydrogen) atoms. The predicted octanol–water partition coefficient (Wildman–Crippen LogP) is 2.81. The number of thioether (sulfide) groups is 1. The summed E-state index contributed by atoms with van der Waals surface area (Å²) in [6, 6.07) is 12.1. The Hall–Kier alpha value is -2.87. The van der Waals surface area contributed by atoms with Gasteiger partial charge in [0.2, 0.25) is 12.4 Å². The molecule has 0 bridgehead atoms. The largest absolute Gasteiger partial charge is 0.368 e. The van der Waals surface area contributed by atoms with Crippen molar-refractivity contribution in [1.82, 2.24) is 15.3 Å². The highest BCUT2D eigenvalue weighted by molar-refractivity contribution is 8.03. The zero-order chi connectivity index (χ0) is 21.1. The Morgan fingerprint density at radius 1 is 1.07 bits per heavy atom. The van der Waals surface area contributed by atoms with Crippen LogP contribution in [0.25, 0.3) is 6.08 Å². The maximum Gasteiger partial charge on any atom is 0.264 e. The van der Waals surface area contributed by atoms with Crippen molar-refractivity contribution in [2.75, 3.05) is 42.2 Å². The lowest BCUT2D eigenvalue weighted by atomic mass is 10.2. The second-order valence-corrected chi connectivity index (χ2v) is 6.74. The van der Waals surface area contributed by atoms with Gasteiger partial charge in [0.15, 0.2) is 0 Å². The Bertz CT molecular complexity index is 821. The molecule has 0 aliphatic carbocycles. The van der Waals surface area contributed by atoms with Crippen molar-refractivity contribution < 1.29 is 9.59 Å². The Kier molecular flexibility index (Phi) is 9.17. The molecule has 7 nitrogen and oxygen atoms in total. The van der Waals surface area contributed by atoms with Gasteiger partial charge in [-0.3, -0.25) is 14.9 Å². The van der Waals surface area contributed by atoms with E-state index in [1.807, 2.05) is 32.0 Å². The summed E-state index contributed by atoms with van der Waals surface area (Å²) < 4.78 is 0. The maximum atomic E-state index is 11.8. The summed E-state index contributed by atoms with van der Waals surface area (Å²) >= 11 is 1.26. The van der Waals surface area contributed by atoms with Crippen molar-refractivity contribution in [2.24, 2.45) is 0 Å². The van der Waals surface area contributed by atoms with Gasteiger partial charge in [-0.1, -0.05) is 32.0 Å². The molecule has 0 saturated carbocycles. The number of hydrogen-bond acceptors (Lipinski definition) is 7. The molecule has 8 heteroatoms. The van der Waals surface area contributed by atoms with E-state index < -0.39 is 5.91 Å². The lowest BCUT2D eigenvalue weighted by Crippen LogP contribution is -2.47. The molecular weight excluding hydrogens is 386 g/mol. The summed E-state index contributed by atoms with van der Waals surface area (Å²) in [5, 5.41) is 2.15. The van der Waals surface area contributed by atoms with Crippen LogP contribution in [-0.2, 0) is 9.59 Å². The van der Waals surface area contributed by atoms with E-state index in [9.17, 15) is 9.59 Å². The highest BCUT2D eigenvalue weighted by Gasteiger charge is 2.19. The van der Waals surface area contributed by atoms with Crippen LogP contribution in [0.5, 0.6) is 0 Å². The average Bonchev–Trinajstić information content (AvgIpc) is 2.80. The monoisotopic (exact) mass is 413 g/mol. The van der Waals surface area contributed by atoms with Crippen LogP contribution in [0.1, 0.15) is 19.5 Å². The van der Waals surface area contributed by atoms with E-state index in [-0.39, 0.29) is 0 Å². The average molecular weight is 414 g/mol. The number of amides is 2. The van der Waals surface area contributed by atoms with Crippen molar-refractivity contribution in [1.29, 1.82) is 0 Å². The van der Waals surface area contributed by atoms with Crippen LogP contribution in [-0.4, -0.2) is 54.7 Å². The molecule has 154 valence electrons. The lowest BCUT2D eigenvalue weighted by molar-refractivity contribution is -0.121. The lowest BCUT2D eigenvalue weighted by Gasteiger charge is -2.36. The van der Waals surface area contributed by atoms with Crippen molar-refractivity contribution in [2.45, 2.75) is 13.8 Å². The Labute approximate surface area is 176 Å². The second-order valence-electron chi connectivity index (χ2n) is 5.90. The van der Waals surface area contributed by atoms with Crippen molar-refractivity contribution in [3.8, 4) is 0 Å². The molecule has 1 N–H and O–H groups in total. The molecule has 3 rings (SSSR count). The summed E-state index contributed by atoms with van der Waals surface area (Å²) in [5.41, 5.74) is 1.86. The number of carbonyl (C=O) groups is 2. The van der Waals surface area contributed by atoms with Crippen LogP contribution in [0, 0.1) is 0 Å². The number of hydrogen-bond donors (Lipinski definition) is 1. The molecule has 1 aliphatic heterocycles. The first-order valence-corrected chi connectivity index (χ1v) is 10.8. The Morgan fingerprint density at radius 2 is 1.72 bits per heavy atom. The summed E-state index contributed by atoms with van der Waals surface area (Å²) in [4.78, 5) is 36.2. The molecule has 1 aliphatic rings. The molecule has 2 aromatic rings. The van der Waals surface area contributed by atoms with Gasteiger partial charge in [-0.15, -0.1) is 11.8 Å². The predicted molar refractivity (Wildman–Crippen MR) is 120 cm³/mol. The van der Waals surface area contributed by atoms with Crippen LogP contribution in [0.3, 0.4) is 0 Å². The number of benzene rings is 1. The van der Waals surface area contributed by atoms with Crippen LogP contribution in [0.2, 0.25) is 0 Å². The number of piperazine rings is 1. The van der Waals surface area contributed by atoms with Gasteiger partial charge < -0.3 is 9.80 Å². The first-order chi connectivity index (χ1) is 14.2. The molecule has 1 aromatic heterocycles. The molecule has 0 radical (unpaired) electrons. The molecule has 1 aromatic carbocycles. The van der Waals surface area contributed by atoms with Gasteiger partial charge >= 0.3 is 0 Å². The minimum absolute atomic E-state index is 0.379. The number of anilines is 2. The number of imide groups is 1. The first-order valence-electron chi connectivity index (χ1n) is 9.59. The highest BCUT2D eigenvalue weighted by Crippen LogP contribution is 2.19. The minimum atomic E-state index is -0.436. The fraction of sp³-hybridized carbons (Fsp3) is 0.333. The summed E-state index contributed by atoms with van der Waals surface area (Å²) in [6.07, 6.45) is 5.51. The third-order valence-corrected chi connectivity index (χ3v) is 5.00. The zero-order valence-electron chi connectivity index (χ0n) is 17.0. The van der Waals surface area contributed by atoms with Crippen molar-refractivity contribution >= 4 is 41.8 Å². The fourth-order valence-corrected chi connectivity index (χ4v) is 3.36. The van der Waals surface area contributed by atoms with Gasteiger partial charge in [0.05, 0.1) is 10.6 Å². The van der Waals surface area contributed by atoms with E-state index in [1.165, 1.54) is 17.4 Å². The van der Waals surface area contributed by atoms with Crippen molar-refractivity contribution in [3.05, 3.63) is 53.2 Å². The standard InChI is InChI=1S/C19H21N5O2S.C2H6/c1-27-17(18(26)21-14-25)13-15-7-8-20-19(22-15)24-11-9-23(10-12-24)16-5-3-2-4-6-16;1-2/h2-8,13-14H,9-12H2,1H3,(H,21,25,26);1-2H3/b17-13-;. The summed E-state index contributed by atoms with van der Waals surface area (Å²) in [7, 11) is 0. The minimum Gasteiger partial charge on any atom is -0.368 e. The van der Waals surface area contributed by atoms with Crippen molar-refractivity contribution in [3.63, 3.8) is 0 Å². The summed E-state index contributed by atoms with van der Waals surface area (Å²) in [6.45, 7) is 7.43. The van der Waals surface area contributed by atoms with Crippen LogP contribution in [0.4, 0.5) is 11.6 Å². The normalized spacial score (nSPS) is 14.0. The van der Waals surface area contributed by atoms with E-state index in [1.54, 1.807) is 24.6 Å². The molecule has 0 spiro atoms. The number of carbonyl (C=O) groups excluding carboxylic acids is 2. The van der Waals surface area contributed by atoms with E-state index in [0.29, 0.717) is 23.0 Å². The van der Waals surface area contributed by atoms with Gasteiger partial charge in [-0.05, 0) is 30.5 Å². The van der Waals surface area contributed by atoms with Gasteiger partial charge in [0.1, 0.15) is 0 Å². The Morgan fingerprint density at radius 3 is 2.34 bits per heavy atom. The number of nitrogens with one attached hydrogen (secondary N) is 1. The van der Waals surface area contributed by atoms with E-state index in [4.69, 9.17) is 0 Å². The third kappa shape index (κ3) is 6.32. The second kappa shape index (κ2) is 11.9. The molecule has 2 heterocycles. The topological polar surface area (TPSA) is 78.4 Å². The van der Waals surface area contributed by atoms with E-state index in [2.05, 4.69) is 37.2 Å². The molecular formula is C21H27N5O2S. The zero-order valence-corrected chi connectivity index (χ0v) is 17.9. The van der Waals surface area contributed by atoms with Gasteiger partial charge in [0, 0.05) is 38.1 Å². The SMILES string of the molecule is CC.CS/C(=C\c1ccnc(N2CCN(c3ccccc3)CC2)n1)C(=O)NC=O. The van der Waals surface area contributed by atoms with E-state index >= 15 is 0 Å². The van der Waals surface area contributed by atoms with Gasteiger partial charge in [-0.2, -0.15) is 0 Å². The number of aromatic nitrogens is 2. The first kappa shape index (κ1) is 22.4. The Balaban J connectivity index is 0.00000145. The van der Waals surface area contributed by atoms with Crippen LogP contribution >= 0.6 is 11.8 Å². The smallest absolute Gasteiger partial charge is 0.264 e. The quantitative estimate of drug-likeness (QED) is 0.576. The maximum absolute atomic E-state index is 11.8. The highest BCUT2D eigenvalue weighted by atomic mass is 32.2. The molecule has 1 fully saturated rings. The van der Waals surface area contributed by atoms with Crippen LogP contribution < -0.4 is 15.1 Å². The van der Waals surface area contributed by atoms with E-state index in [0.717, 1.165) is 26.2 Å². The summed E-state index contributed by atoms with van der Waals surface area (Å²) in [5.74, 6) is 0.210. The number of rotatable bonds is 6. The van der Waals surface area contributed by atoms with Gasteiger partial charge in [-0.25, -0.2) is 9.97 Å². The molecule has 1 saturated heterocycles. The number of para-hydroxylation sites is 1. The number of nitrogens with zero attached hydrogens (tertiary/aromatic N) is 4. The molecule has 0 atom stereocenters. The molecule has 0 unspecified atom stereocenters. The van der Waals surface area contributed by atoms with Crippen LogP contribution in [0.15, 0.2) is 47.5 Å². The fourth-order valence-electron chi connectivity index (χ4n) is 2.87. The van der Waals surface area contributed by atoms with Gasteiger partial charge in [0.25, 0.3) is 5.91 Å². The molecule has 2 amide bonds. The third-order valence-electron chi connectivity index (χ3n) is 4.26.